The van der Waals surface area contributed by atoms with Crippen molar-refractivity contribution in [2.75, 3.05) is 18.0 Å². The molecule has 32 heavy (non-hydrogen) atoms. The Labute approximate surface area is 181 Å². The SMILES string of the molecule is [B]C(O)(O)ON=C1CN(c2ncc(-c3cccc(COC(=O)N=C(N)N)c3F)cc2F)C1. The zero-order valence-electron chi connectivity index (χ0n) is 16.4. The van der Waals surface area contributed by atoms with Crippen LogP contribution in [0.1, 0.15) is 5.56 Å². The fraction of sp³-hybridized carbons (Fsp3) is 0.222. The first-order valence-electron chi connectivity index (χ1n) is 8.95. The zero-order valence-corrected chi connectivity index (χ0v) is 16.4. The highest BCUT2D eigenvalue weighted by molar-refractivity contribution is 6.11. The third-order valence-corrected chi connectivity index (χ3v) is 4.14. The van der Waals surface area contributed by atoms with Gasteiger partial charge in [-0.3, -0.25) is 0 Å². The smallest absolute Gasteiger partial charge is 0.437 e. The van der Waals surface area contributed by atoms with Gasteiger partial charge in [0.2, 0.25) is 7.85 Å². The van der Waals surface area contributed by atoms with E-state index in [1.807, 2.05) is 0 Å². The van der Waals surface area contributed by atoms with E-state index in [9.17, 15) is 13.6 Å². The summed E-state index contributed by atoms with van der Waals surface area (Å²) in [6.07, 6.45) is 0.203. The Morgan fingerprint density at radius 2 is 2.03 bits per heavy atom. The second kappa shape index (κ2) is 9.15. The van der Waals surface area contributed by atoms with Crippen LogP contribution in [0.3, 0.4) is 0 Å². The van der Waals surface area contributed by atoms with Gasteiger partial charge >= 0.3 is 6.09 Å². The number of halogens is 2. The molecule has 11 nitrogen and oxygen atoms in total. The summed E-state index contributed by atoms with van der Waals surface area (Å²) in [6.45, 7) is -0.207. The van der Waals surface area contributed by atoms with Crippen LogP contribution in [0.15, 0.2) is 40.6 Å². The fourth-order valence-corrected chi connectivity index (χ4v) is 2.74. The van der Waals surface area contributed by atoms with Gasteiger partial charge in [0.25, 0.3) is 5.87 Å². The van der Waals surface area contributed by atoms with Crippen molar-refractivity contribution in [3.05, 3.63) is 47.7 Å². The molecule has 1 amide bonds. The van der Waals surface area contributed by atoms with Crippen LogP contribution in [-0.4, -0.2) is 59.8 Å². The fourth-order valence-electron chi connectivity index (χ4n) is 2.74. The first-order chi connectivity index (χ1) is 15.0. The molecule has 1 fully saturated rings. The highest BCUT2D eigenvalue weighted by Gasteiger charge is 2.28. The number of carbonyl (C=O) groups excluding carboxylic acids is 1. The summed E-state index contributed by atoms with van der Waals surface area (Å²) in [4.78, 5) is 24.3. The van der Waals surface area contributed by atoms with Gasteiger partial charge in [0.1, 0.15) is 12.4 Å². The maximum absolute atomic E-state index is 14.9. The van der Waals surface area contributed by atoms with Crippen LogP contribution in [0, 0.1) is 11.6 Å². The number of nitrogens with zero attached hydrogens (tertiary/aromatic N) is 4. The molecule has 3 rings (SSSR count). The average Bonchev–Trinajstić information content (AvgIpc) is 2.65. The normalized spacial score (nSPS) is 13.2. The quantitative estimate of drug-likeness (QED) is 0.156. The summed E-state index contributed by atoms with van der Waals surface area (Å²) in [5.74, 6) is -4.85. The van der Waals surface area contributed by atoms with E-state index in [-0.39, 0.29) is 35.6 Å². The number of oxime groups is 1. The van der Waals surface area contributed by atoms with Crippen molar-refractivity contribution in [2.45, 2.75) is 12.5 Å². The summed E-state index contributed by atoms with van der Waals surface area (Å²) in [6, 6.07) is 5.42. The van der Waals surface area contributed by atoms with E-state index in [2.05, 4.69) is 20.0 Å². The second-order valence-electron chi connectivity index (χ2n) is 6.66. The average molecular weight is 446 g/mol. The van der Waals surface area contributed by atoms with Gasteiger partial charge in [-0.05, 0) is 6.07 Å². The third-order valence-electron chi connectivity index (χ3n) is 4.14. The van der Waals surface area contributed by atoms with E-state index in [0.29, 0.717) is 5.71 Å². The molecule has 0 saturated carbocycles. The Balaban J connectivity index is 1.71. The van der Waals surface area contributed by atoms with Crippen LogP contribution < -0.4 is 16.4 Å². The summed E-state index contributed by atoms with van der Waals surface area (Å²) in [5, 5.41) is 21.1. The number of benzene rings is 1. The number of hydrogen-bond donors (Lipinski definition) is 4. The highest BCUT2D eigenvalue weighted by Crippen LogP contribution is 2.29. The molecule has 1 aromatic carbocycles. The Bertz CT molecular complexity index is 1080. The molecular formula is C18H17BF2N6O5. The lowest BCUT2D eigenvalue weighted by Gasteiger charge is -2.33. The van der Waals surface area contributed by atoms with E-state index < -0.39 is 36.2 Å². The Hall–Kier alpha value is -3.78. The van der Waals surface area contributed by atoms with Crippen molar-refractivity contribution in [1.82, 2.24) is 4.98 Å². The van der Waals surface area contributed by atoms with E-state index in [0.717, 1.165) is 6.07 Å². The largest absolute Gasteiger partial charge is 0.443 e. The number of aliphatic hydroxyl groups is 2. The molecule has 6 N–H and O–H groups in total. The molecule has 14 heteroatoms. The highest BCUT2D eigenvalue weighted by atomic mass is 19.1. The van der Waals surface area contributed by atoms with E-state index in [1.165, 1.54) is 29.3 Å². The maximum Gasteiger partial charge on any atom is 0.437 e. The van der Waals surface area contributed by atoms with Crippen LogP contribution in [0.2, 0.25) is 0 Å². The first-order valence-corrected chi connectivity index (χ1v) is 8.95. The minimum atomic E-state index is -2.90. The molecule has 1 aliphatic heterocycles. The van der Waals surface area contributed by atoms with Gasteiger partial charge in [-0.2, -0.15) is 0 Å². The topological polar surface area (TPSA) is 169 Å². The number of anilines is 1. The van der Waals surface area contributed by atoms with E-state index in [1.54, 1.807) is 0 Å². The molecular weight excluding hydrogens is 429 g/mol. The Morgan fingerprint density at radius 1 is 1.31 bits per heavy atom. The van der Waals surface area contributed by atoms with Crippen molar-refractivity contribution in [3.8, 4) is 11.1 Å². The van der Waals surface area contributed by atoms with Crippen molar-refractivity contribution in [1.29, 1.82) is 0 Å². The minimum Gasteiger partial charge on any atom is -0.443 e. The van der Waals surface area contributed by atoms with Gasteiger partial charge in [0.15, 0.2) is 17.6 Å². The number of amides is 1. The molecule has 0 bridgehead atoms. The lowest BCUT2D eigenvalue weighted by Crippen LogP contribution is -2.49. The second-order valence-corrected chi connectivity index (χ2v) is 6.66. The van der Waals surface area contributed by atoms with Crippen molar-refractivity contribution >= 4 is 31.4 Å². The number of pyridine rings is 1. The monoisotopic (exact) mass is 446 g/mol. The first kappa shape index (κ1) is 22.9. The van der Waals surface area contributed by atoms with Crippen molar-refractivity contribution in [2.24, 2.45) is 21.6 Å². The number of nitrogens with two attached hydrogens (primary N) is 2. The third kappa shape index (κ3) is 5.68. The van der Waals surface area contributed by atoms with Gasteiger partial charge < -0.3 is 36.2 Å². The summed E-state index contributed by atoms with van der Waals surface area (Å²) in [7, 11) is 4.80. The standard InChI is InChI=1S/C18H17BF2N6O5/c19-18(29,30)32-26-11-6-27(7-11)15-13(20)4-10(5-24-15)12-3-1-2-9(14(12)21)8-31-17(28)25-16(22)23/h1-5,29-30H,6-8H2,(H4,22,23,25,28). The number of hydrogen-bond acceptors (Lipinski definition) is 8. The lowest BCUT2D eigenvalue weighted by atomic mass is 10.0. The molecule has 166 valence electrons. The van der Waals surface area contributed by atoms with Crippen LogP contribution >= 0.6 is 0 Å². The summed E-state index contributed by atoms with van der Waals surface area (Å²) in [5.41, 5.74) is 10.7. The molecule has 1 aromatic heterocycles. The van der Waals surface area contributed by atoms with Gasteiger partial charge in [-0.25, -0.2) is 18.6 Å². The van der Waals surface area contributed by atoms with Gasteiger partial charge in [-0.1, -0.05) is 23.4 Å². The molecule has 0 unspecified atom stereocenters. The van der Waals surface area contributed by atoms with Gasteiger partial charge in [0, 0.05) is 22.9 Å². The number of guanidine groups is 1. The molecule has 1 saturated heterocycles. The number of rotatable bonds is 6. The number of ether oxygens (including phenoxy) is 1. The van der Waals surface area contributed by atoms with Crippen LogP contribution in [0.5, 0.6) is 0 Å². The number of carbonyl (C=O) groups is 1. The molecule has 2 aromatic rings. The molecule has 2 radical (unpaired) electrons. The number of aliphatic imine (C=N–C) groups is 1. The van der Waals surface area contributed by atoms with Crippen LogP contribution in [-0.2, 0) is 16.2 Å². The molecule has 0 aliphatic carbocycles. The van der Waals surface area contributed by atoms with Crippen molar-refractivity contribution < 1.29 is 33.4 Å². The molecule has 0 atom stereocenters. The van der Waals surface area contributed by atoms with Crippen LogP contribution in [0.25, 0.3) is 11.1 Å². The van der Waals surface area contributed by atoms with E-state index in [4.69, 9.17) is 34.3 Å². The Morgan fingerprint density at radius 3 is 2.66 bits per heavy atom. The van der Waals surface area contributed by atoms with E-state index >= 15 is 0 Å². The van der Waals surface area contributed by atoms with Crippen molar-refractivity contribution in [3.63, 3.8) is 0 Å². The molecule has 1 aliphatic rings. The van der Waals surface area contributed by atoms with Gasteiger partial charge in [-0.15, -0.1) is 4.99 Å². The zero-order chi connectivity index (χ0) is 23.5. The minimum absolute atomic E-state index is 0.0116. The molecule has 0 spiro atoms. The number of aromatic nitrogens is 1. The lowest BCUT2D eigenvalue weighted by molar-refractivity contribution is -0.275. The Kier molecular flexibility index (Phi) is 6.55. The maximum atomic E-state index is 14.9. The molecule has 2 heterocycles. The van der Waals surface area contributed by atoms with Crippen LogP contribution in [0.4, 0.5) is 19.4 Å². The van der Waals surface area contributed by atoms with Gasteiger partial charge in [0.05, 0.1) is 18.8 Å². The summed E-state index contributed by atoms with van der Waals surface area (Å²) < 4.78 is 34.2. The predicted molar refractivity (Wildman–Crippen MR) is 109 cm³/mol. The predicted octanol–water partition coefficient (Wildman–Crippen LogP) is -0.106. The summed E-state index contributed by atoms with van der Waals surface area (Å²) >= 11 is 0.